The highest BCUT2D eigenvalue weighted by molar-refractivity contribution is 5.76. The van der Waals surface area contributed by atoms with Gasteiger partial charge in [0, 0.05) is 30.8 Å². The molecule has 0 heterocycles. The fraction of sp³-hybridized carbons (Fsp3) is 0.611. The Morgan fingerprint density at radius 1 is 1.26 bits per heavy atom. The molecule has 5 nitrogen and oxygen atoms in total. The van der Waals surface area contributed by atoms with Gasteiger partial charge >= 0.3 is 0 Å². The van der Waals surface area contributed by atoms with E-state index in [4.69, 9.17) is 4.74 Å². The maximum atomic E-state index is 11.9. The van der Waals surface area contributed by atoms with Gasteiger partial charge in [-0.3, -0.25) is 4.79 Å². The summed E-state index contributed by atoms with van der Waals surface area (Å²) in [6.45, 7) is 0.843. The van der Waals surface area contributed by atoms with Crippen LogP contribution in [-0.2, 0) is 4.79 Å². The van der Waals surface area contributed by atoms with Gasteiger partial charge in [0.2, 0.25) is 5.91 Å². The standard InChI is InChI=1S/C18H28N2O3/c1-23-17-6-4-5-15(13-17)19-12-3-2-7-18(22)20-14-8-10-16(21)11-9-14/h4-6,13-14,16,19,21H,2-3,7-12H2,1H3,(H,20,22). The first-order valence-electron chi connectivity index (χ1n) is 8.52. The lowest BCUT2D eigenvalue weighted by molar-refractivity contribution is -0.122. The smallest absolute Gasteiger partial charge is 0.220 e. The van der Waals surface area contributed by atoms with Crippen molar-refractivity contribution in [2.24, 2.45) is 0 Å². The van der Waals surface area contributed by atoms with Crippen LogP contribution in [-0.4, -0.2) is 36.8 Å². The number of anilines is 1. The van der Waals surface area contributed by atoms with Crippen molar-refractivity contribution in [1.29, 1.82) is 0 Å². The molecule has 1 aliphatic rings. The fourth-order valence-corrected chi connectivity index (χ4v) is 2.90. The highest BCUT2D eigenvalue weighted by Gasteiger charge is 2.20. The van der Waals surface area contributed by atoms with Gasteiger partial charge in [-0.2, -0.15) is 0 Å². The Hall–Kier alpha value is -1.75. The Balaban J connectivity index is 1.55. The second-order valence-electron chi connectivity index (χ2n) is 6.19. The van der Waals surface area contributed by atoms with E-state index >= 15 is 0 Å². The number of unbranched alkanes of at least 4 members (excludes halogenated alkanes) is 1. The number of ether oxygens (including phenoxy) is 1. The third-order valence-electron chi connectivity index (χ3n) is 4.29. The molecule has 1 aromatic rings. The molecule has 5 heteroatoms. The van der Waals surface area contributed by atoms with Crippen LogP contribution in [0.2, 0.25) is 0 Å². The van der Waals surface area contributed by atoms with Crippen molar-refractivity contribution in [2.75, 3.05) is 19.0 Å². The zero-order valence-electron chi connectivity index (χ0n) is 13.9. The summed E-state index contributed by atoms with van der Waals surface area (Å²) in [7, 11) is 1.66. The lowest BCUT2D eigenvalue weighted by Gasteiger charge is -2.26. The Labute approximate surface area is 138 Å². The molecule has 0 aliphatic heterocycles. The molecule has 128 valence electrons. The summed E-state index contributed by atoms with van der Waals surface area (Å²) in [5, 5.41) is 15.9. The number of aliphatic hydroxyl groups is 1. The van der Waals surface area contributed by atoms with Crippen LogP contribution in [0, 0.1) is 0 Å². The molecule has 0 aromatic heterocycles. The molecular weight excluding hydrogens is 292 g/mol. The first kappa shape index (κ1) is 17.6. The van der Waals surface area contributed by atoms with Crippen LogP contribution in [0.4, 0.5) is 5.69 Å². The predicted octanol–water partition coefficient (Wildman–Crippen LogP) is 2.70. The molecule has 0 radical (unpaired) electrons. The first-order valence-corrected chi connectivity index (χ1v) is 8.52. The van der Waals surface area contributed by atoms with Gasteiger partial charge in [0.1, 0.15) is 5.75 Å². The number of nitrogens with one attached hydrogen (secondary N) is 2. The van der Waals surface area contributed by atoms with Crippen molar-refractivity contribution >= 4 is 11.6 Å². The van der Waals surface area contributed by atoms with Crippen LogP contribution in [0.1, 0.15) is 44.9 Å². The molecule has 2 rings (SSSR count). The van der Waals surface area contributed by atoms with Gasteiger partial charge in [0.05, 0.1) is 13.2 Å². The minimum Gasteiger partial charge on any atom is -0.497 e. The topological polar surface area (TPSA) is 70.6 Å². The molecule has 0 atom stereocenters. The van der Waals surface area contributed by atoms with Crippen molar-refractivity contribution in [3.8, 4) is 5.75 Å². The van der Waals surface area contributed by atoms with E-state index in [0.717, 1.165) is 56.5 Å². The Morgan fingerprint density at radius 3 is 2.78 bits per heavy atom. The molecule has 1 fully saturated rings. The van der Waals surface area contributed by atoms with Crippen LogP contribution in [0.25, 0.3) is 0 Å². The Morgan fingerprint density at radius 2 is 2.04 bits per heavy atom. The second-order valence-corrected chi connectivity index (χ2v) is 6.19. The van der Waals surface area contributed by atoms with Crippen molar-refractivity contribution in [2.45, 2.75) is 57.1 Å². The zero-order chi connectivity index (χ0) is 16.5. The number of hydrogen-bond donors (Lipinski definition) is 3. The number of methoxy groups -OCH3 is 1. The van der Waals surface area contributed by atoms with E-state index in [1.807, 2.05) is 24.3 Å². The summed E-state index contributed by atoms with van der Waals surface area (Å²) in [6, 6.07) is 8.09. The van der Waals surface area contributed by atoms with Crippen LogP contribution in [0.5, 0.6) is 5.75 Å². The molecule has 0 unspecified atom stereocenters. The van der Waals surface area contributed by atoms with E-state index in [1.54, 1.807) is 7.11 Å². The molecule has 3 N–H and O–H groups in total. The highest BCUT2D eigenvalue weighted by Crippen LogP contribution is 2.19. The van der Waals surface area contributed by atoms with Gasteiger partial charge in [-0.15, -0.1) is 0 Å². The average Bonchev–Trinajstić information content (AvgIpc) is 2.57. The van der Waals surface area contributed by atoms with E-state index in [0.29, 0.717) is 6.42 Å². The van der Waals surface area contributed by atoms with Gasteiger partial charge in [0.15, 0.2) is 0 Å². The van der Waals surface area contributed by atoms with E-state index < -0.39 is 0 Å². The van der Waals surface area contributed by atoms with Crippen LogP contribution < -0.4 is 15.4 Å². The van der Waals surface area contributed by atoms with Gasteiger partial charge in [0.25, 0.3) is 0 Å². The van der Waals surface area contributed by atoms with Crippen molar-refractivity contribution < 1.29 is 14.6 Å². The normalized spacial score (nSPS) is 20.8. The van der Waals surface area contributed by atoms with Gasteiger partial charge in [-0.25, -0.2) is 0 Å². The molecule has 1 saturated carbocycles. The summed E-state index contributed by atoms with van der Waals surface area (Å²) >= 11 is 0. The van der Waals surface area contributed by atoms with Gasteiger partial charge in [-0.1, -0.05) is 6.07 Å². The van der Waals surface area contributed by atoms with Gasteiger partial charge in [-0.05, 0) is 50.7 Å². The molecular formula is C18H28N2O3. The third kappa shape index (κ3) is 6.48. The fourth-order valence-electron chi connectivity index (χ4n) is 2.90. The number of amides is 1. The van der Waals surface area contributed by atoms with E-state index in [-0.39, 0.29) is 18.1 Å². The lowest BCUT2D eigenvalue weighted by Crippen LogP contribution is -2.38. The van der Waals surface area contributed by atoms with E-state index in [9.17, 15) is 9.90 Å². The quantitative estimate of drug-likeness (QED) is 0.644. The largest absolute Gasteiger partial charge is 0.497 e. The zero-order valence-corrected chi connectivity index (χ0v) is 13.9. The summed E-state index contributed by atoms with van der Waals surface area (Å²) in [5.74, 6) is 0.972. The number of carbonyl (C=O) groups is 1. The number of carbonyl (C=O) groups excluding carboxylic acids is 1. The number of benzene rings is 1. The van der Waals surface area contributed by atoms with Crippen LogP contribution in [0.3, 0.4) is 0 Å². The average molecular weight is 320 g/mol. The van der Waals surface area contributed by atoms with Crippen LogP contribution >= 0.6 is 0 Å². The third-order valence-corrected chi connectivity index (χ3v) is 4.29. The van der Waals surface area contributed by atoms with Crippen molar-refractivity contribution in [3.05, 3.63) is 24.3 Å². The monoisotopic (exact) mass is 320 g/mol. The molecule has 1 aromatic carbocycles. The van der Waals surface area contributed by atoms with Crippen molar-refractivity contribution in [3.63, 3.8) is 0 Å². The molecule has 0 bridgehead atoms. The van der Waals surface area contributed by atoms with Gasteiger partial charge < -0.3 is 20.5 Å². The Kier molecular flexibility index (Phi) is 7.20. The molecule has 0 saturated heterocycles. The maximum Gasteiger partial charge on any atom is 0.220 e. The number of hydrogen-bond acceptors (Lipinski definition) is 4. The van der Waals surface area contributed by atoms with E-state index in [1.165, 1.54) is 0 Å². The minimum absolute atomic E-state index is 0.132. The maximum absolute atomic E-state index is 11.9. The number of aliphatic hydroxyl groups excluding tert-OH is 1. The Bertz CT molecular complexity index is 485. The molecule has 1 aliphatic carbocycles. The lowest BCUT2D eigenvalue weighted by atomic mass is 9.93. The molecule has 1 amide bonds. The van der Waals surface area contributed by atoms with E-state index in [2.05, 4.69) is 10.6 Å². The highest BCUT2D eigenvalue weighted by atomic mass is 16.5. The first-order chi connectivity index (χ1) is 11.2. The minimum atomic E-state index is -0.175. The summed E-state index contributed by atoms with van der Waals surface area (Å²) in [5.41, 5.74) is 1.04. The summed E-state index contributed by atoms with van der Waals surface area (Å²) < 4.78 is 5.18. The summed E-state index contributed by atoms with van der Waals surface area (Å²) in [6.07, 6.45) is 5.61. The second kappa shape index (κ2) is 9.40. The predicted molar refractivity (Wildman–Crippen MR) is 91.7 cm³/mol. The number of rotatable bonds is 8. The summed E-state index contributed by atoms with van der Waals surface area (Å²) in [4.78, 5) is 11.9. The van der Waals surface area contributed by atoms with Crippen molar-refractivity contribution in [1.82, 2.24) is 5.32 Å². The molecule has 0 spiro atoms. The van der Waals surface area contributed by atoms with Crippen LogP contribution in [0.15, 0.2) is 24.3 Å². The molecule has 23 heavy (non-hydrogen) atoms. The SMILES string of the molecule is COc1cccc(NCCCCC(=O)NC2CCC(O)CC2)c1.